The Morgan fingerprint density at radius 1 is 1.19 bits per heavy atom. The highest BCUT2D eigenvalue weighted by molar-refractivity contribution is 5.92. The normalized spacial score (nSPS) is 23.6. The number of piperazine rings is 1. The van der Waals surface area contributed by atoms with Crippen LogP contribution in [-0.2, 0) is 0 Å². The van der Waals surface area contributed by atoms with Crippen LogP contribution >= 0.6 is 0 Å². The van der Waals surface area contributed by atoms with E-state index in [1.165, 1.54) is 12.8 Å². The molecule has 3 aliphatic heterocycles. The van der Waals surface area contributed by atoms with Crippen molar-refractivity contribution in [1.82, 2.24) is 14.9 Å². The molecule has 7 nitrogen and oxygen atoms in total. The molecule has 2 bridgehead atoms. The molecule has 6 rings (SSSR count). The lowest BCUT2D eigenvalue weighted by Crippen LogP contribution is -2.71. The first-order valence-electron chi connectivity index (χ1n) is 9.52. The van der Waals surface area contributed by atoms with Gasteiger partial charge < -0.3 is 19.9 Å². The van der Waals surface area contributed by atoms with Gasteiger partial charge in [-0.05, 0) is 31.4 Å². The highest BCUT2D eigenvalue weighted by Crippen LogP contribution is 2.40. The molecule has 0 spiro atoms. The summed E-state index contributed by atoms with van der Waals surface area (Å²) >= 11 is 0. The van der Waals surface area contributed by atoms with Gasteiger partial charge in [-0.3, -0.25) is 0 Å². The van der Waals surface area contributed by atoms with E-state index in [0.717, 1.165) is 31.0 Å². The van der Waals surface area contributed by atoms with Crippen LogP contribution in [0.3, 0.4) is 0 Å². The number of carbonyl (C=O) groups is 1. The van der Waals surface area contributed by atoms with Crippen molar-refractivity contribution >= 4 is 17.5 Å². The number of hydrogen-bond donors (Lipinski definition) is 1. The van der Waals surface area contributed by atoms with Crippen LogP contribution in [0.4, 0.5) is 16.3 Å². The number of fused-ring (bicyclic) bond motifs is 2. The summed E-state index contributed by atoms with van der Waals surface area (Å²) in [5.41, 5.74) is 1.86. The smallest absolute Gasteiger partial charge is 0.322 e. The average Bonchev–Trinajstić information content (AvgIpc) is 3.54. The molecule has 1 saturated carbocycles. The van der Waals surface area contributed by atoms with Gasteiger partial charge >= 0.3 is 6.03 Å². The van der Waals surface area contributed by atoms with Crippen LogP contribution in [-0.4, -0.2) is 53.2 Å². The second kappa shape index (κ2) is 6.40. The third-order valence-corrected chi connectivity index (χ3v) is 5.77. The summed E-state index contributed by atoms with van der Waals surface area (Å²) in [4.78, 5) is 25.9. The molecule has 1 aromatic heterocycles. The van der Waals surface area contributed by atoms with Crippen molar-refractivity contribution in [3.8, 4) is 5.75 Å². The molecule has 27 heavy (non-hydrogen) atoms. The molecule has 2 unspecified atom stereocenters. The van der Waals surface area contributed by atoms with Gasteiger partial charge in [-0.15, -0.1) is 0 Å². The minimum absolute atomic E-state index is 0.0539. The van der Waals surface area contributed by atoms with Crippen molar-refractivity contribution in [2.75, 3.05) is 30.4 Å². The Hall–Kier alpha value is -2.83. The molecular weight excluding hydrogens is 342 g/mol. The van der Waals surface area contributed by atoms with Gasteiger partial charge in [0.15, 0.2) is 0 Å². The van der Waals surface area contributed by atoms with Crippen LogP contribution in [0.5, 0.6) is 5.75 Å². The third kappa shape index (κ3) is 2.97. The fourth-order valence-corrected chi connectivity index (χ4v) is 4.19. The van der Waals surface area contributed by atoms with Crippen LogP contribution in [0.15, 0.2) is 36.7 Å². The Bertz CT molecular complexity index is 857. The zero-order valence-electron chi connectivity index (χ0n) is 15.3. The van der Waals surface area contributed by atoms with Crippen LogP contribution in [0.1, 0.15) is 30.9 Å². The number of para-hydroxylation sites is 2. The summed E-state index contributed by atoms with van der Waals surface area (Å²) < 4.78 is 5.33. The molecule has 7 heteroatoms. The van der Waals surface area contributed by atoms with Crippen molar-refractivity contribution in [2.45, 2.75) is 37.3 Å². The van der Waals surface area contributed by atoms with Gasteiger partial charge in [0.25, 0.3) is 0 Å². The van der Waals surface area contributed by atoms with Gasteiger partial charge in [0.2, 0.25) is 0 Å². The van der Waals surface area contributed by atoms with Crippen molar-refractivity contribution in [1.29, 1.82) is 0 Å². The topological polar surface area (TPSA) is 70.6 Å². The Balaban J connectivity index is 1.26. The quantitative estimate of drug-likeness (QED) is 0.902. The number of anilines is 2. The lowest BCUT2D eigenvalue weighted by atomic mass is 9.88. The highest BCUT2D eigenvalue weighted by Gasteiger charge is 2.47. The molecule has 4 aliphatic rings. The number of benzene rings is 1. The van der Waals surface area contributed by atoms with E-state index in [2.05, 4.69) is 26.3 Å². The molecule has 1 N–H and O–H groups in total. The largest absolute Gasteiger partial charge is 0.495 e. The monoisotopic (exact) mass is 365 g/mol. The molecule has 140 valence electrons. The van der Waals surface area contributed by atoms with Gasteiger partial charge in [-0.1, -0.05) is 12.1 Å². The van der Waals surface area contributed by atoms with E-state index in [1.54, 1.807) is 13.4 Å². The molecule has 1 aliphatic carbocycles. The van der Waals surface area contributed by atoms with E-state index in [9.17, 15) is 4.79 Å². The first-order valence-corrected chi connectivity index (χ1v) is 9.52. The van der Waals surface area contributed by atoms with Gasteiger partial charge in [-0.2, -0.15) is 0 Å². The lowest BCUT2D eigenvalue weighted by Gasteiger charge is -2.56. The first kappa shape index (κ1) is 16.4. The van der Waals surface area contributed by atoms with Crippen molar-refractivity contribution in [3.63, 3.8) is 0 Å². The SMILES string of the molecule is COc1ccccc1NC(=O)N1C2CC1CN(c1cc(C3CC3)ncn1)C2. The fourth-order valence-electron chi connectivity index (χ4n) is 4.19. The number of carbonyl (C=O) groups excluding carboxylic acids is 1. The summed E-state index contributed by atoms with van der Waals surface area (Å²) in [6, 6.07) is 10.0. The minimum atomic E-state index is -0.0539. The molecule has 2 aromatic rings. The number of nitrogens with one attached hydrogen (secondary N) is 1. The second-order valence-corrected chi connectivity index (χ2v) is 7.56. The minimum Gasteiger partial charge on any atom is -0.495 e. The van der Waals surface area contributed by atoms with E-state index < -0.39 is 0 Å². The number of hydrogen-bond acceptors (Lipinski definition) is 5. The fraction of sp³-hybridized carbons (Fsp3) is 0.450. The predicted molar refractivity (Wildman–Crippen MR) is 102 cm³/mol. The Morgan fingerprint density at radius 2 is 1.96 bits per heavy atom. The number of urea groups is 1. The van der Waals surface area contributed by atoms with Crippen LogP contribution < -0.4 is 15.0 Å². The van der Waals surface area contributed by atoms with Crippen molar-refractivity contribution < 1.29 is 9.53 Å². The molecule has 4 heterocycles. The van der Waals surface area contributed by atoms with Gasteiger partial charge in [0, 0.05) is 30.8 Å². The van der Waals surface area contributed by atoms with Crippen LogP contribution in [0, 0.1) is 0 Å². The maximum absolute atomic E-state index is 12.8. The standard InChI is InChI=1S/C20H23N5O2/c1-27-18-5-3-2-4-16(18)23-20(26)25-14-8-15(25)11-24(10-14)19-9-17(13-6-7-13)21-12-22-19/h2-5,9,12-15H,6-8,10-11H2,1H3,(H,23,26). The van der Waals surface area contributed by atoms with E-state index in [4.69, 9.17) is 4.74 Å². The second-order valence-electron chi connectivity index (χ2n) is 7.56. The van der Waals surface area contributed by atoms with E-state index >= 15 is 0 Å². The molecule has 4 fully saturated rings. The number of amides is 2. The third-order valence-electron chi connectivity index (χ3n) is 5.77. The number of nitrogens with zero attached hydrogens (tertiary/aromatic N) is 4. The molecule has 0 radical (unpaired) electrons. The number of ether oxygens (including phenoxy) is 1. The van der Waals surface area contributed by atoms with E-state index in [1.807, 2.05) is 29.2 Å². The molecular formula is C20H23N5O2. The van der Waals surface area contributed by atoms with Crippen LogP contribution in [0.2, 0.25) is 0 Å². The highest BCUT2D eigenvalue weighted by atomic mass is 16.5. The van der Waals surface area contributed by atoms with Crippen molar-refractivity contribution in [2.24, 2.45) is 0 Å². The van der Waals surface area contributed by atoms with Crippen molar-refractivity contribution in [3.05, 3.63) is 42.4 Å². The average molecular weight is 365 g/mol. The molecule has 1 aromatic carbocycles. The number of rotatable bonds is 4. The summed E-state index contributed by atoms with van der Waals surface area (Å²) in [5.74, 6) is 2.28. The zero-order chi connectivity index (χ0) is 18.4. The predicted octanol–water partition coefficient (Wildman–Crippen LogP) is 2.86. The summed E-state index contributed by atoms with van der Waals surface area (Å²) in [5, 5.41) is 3.00. The number of aromatic nitrogens is 2. The first-order chi connectivity index (χ1) is 13.2. The Kier molecular flexibility index (Phi) is 3.88. The summed E-state index contributed by atoms with van der Waals surface area (Å²) in [7, 11) is 1.61. The number of piperidine rings is 1. The maximum atomic E-state index is 12.8. The Labute approximate surface area is 158 Å². The maximum Gasteiger partial charge on any atom is 0.322 e. The van der Waals surface area contributed by atoms with Gasteiger partial charge in [0.1, 0.15) is 17.9 Å². The van der Waals surface area contributed by atoms with E-state index in [0.29, 0.717) is 17.4 Å². The van der Waals surface area contributed by atoms with E-state index in [-0.39, 0.29) is 18.1 Å². The molecule has 2 amide bonds. The summed E-state index contributed by atoms with van der Waals surface area (Å²) in [6.07, 6.45) is 5.20. The van der Waals surface area contributed by atoms with Crippen LogP contribution in [0.25, 0.3) is 0 Å². The summed E-state index contributed by atoms with van der Waals surface area (Å²) in [6.45, 7) is 1.63. The Morgan fingerprint density at radius 3 is 2.70 bits per heavy atom. The molecule has 3 saturated heterocycles. The van der Waals surface area contributed by atoms with Gasteiger partial charge in [0.05, 0.1) is 24.9 Å². The molecule has 2 atom stereocenters. The number of methoxy groups -OCH3 is 1. The van der Waals surface area contributed by atoms with Gasteiger partial charge in [-0.25, -0.2) is 14.8 Å². The zero-order valence-corrected chi connectivity index (χ0v) is 15.3. The lowest BCUT2D eigenvalue weighted by molar-refractivity contribution is 0.0436.